The molecule has 0 atom stereocenters. The summed E-state index contributed by atoms with van der Waals surface area (Å²) in [4.78, 5) is 35.5. The third kappa shape index (κ3) is 5.25. The van der Waals surface area contributed by atoms with Crippen molar-refractivity contribution in [1.29, 1.82) is 0 Å². The zero-order valence-corrected chi connectivity index (χ0v) is 17.4. The second-order valence-electron chi connectivity index (χ2n) is 8.02. The third-order valence-electron chi connectivity index (χ3n) is 5.75. The van der Waals surface area contributed by atoms with Crippen molar-refractivity contribution in [3.05, 3.63) is 51.9 Å². The van der Waals surface area contributed by atoms with Crippen molar-refractivity contribution in [2.45, 2.75) is 32.2 Å². The fourth-order valence-corrected chi connectivity index (χ4v) is 4.14. The van der Waals surface area contributed by atoms with Crippen LogP contribution in [-0.4, -0.2) is 60.2 Å². The molecule has 2 N–H and O–H groups in total. The van der Waals surface area contributed by atoms with E-state index in [1.165, 1.54) is 12.5 Å². The average Bonchev–Trinajstić information content (AvgIpc) is 2.75. The Morgan fingerprint density at radius 2 is 1.87 bits per heavy atom. The van der Waals surface area contributed by atoms with Gasteiger partial charge in [-0.15, -0.1) is 0 Å². The first-order chi connectivity index (χ1) is 14.6. The highest BCUT2D eigenvalue weighted by molar-refractivity contribution is 5.88. The van der Waals surface area contributed by atoms with Gasteiger partial charge in [0, 0.05) is 44.2 Å². The molecule has 1 aromatic heterocycles. The van der Waals surface area contributed by atoms with Gasteiger partial charge < -0.3 is 15.0 Å². The number of anilines is 2. The number of aromatic nitrogens is 2. The highest BCUT2D eigenvalue weighted by Gasteiger charge is 2.23. The summed E-state index contributed by atoms with van der Waals surface area (Å²) in [5.41, 5.74) is 2.87. The number of H-pyrrole nitrogens is 1. The van der Waals surface area contributed by atoms with E-state index in [-0.39, 0.29) is 11.5 Å². The lowest BCUT2D eigenvalue weighted by molar-refractivity contribution is -0.114. The van der Waals surface area contributed by atoms with E-state index in [1.54, 1.807) is 6.07 Å². The van der Waals surface area contributed by atoms with Crippen molar-refractivity contribution < 1.29 is 9.53 Å². The highest BCUT2D eigenvalue weighted by Crippen LogP contribution is 2.28. The fourth-order valence-electron chi connectivity index (χ4n) is 4.14. The van der Waals surface area contributed by atoms with Gasteiger partial charge in [-0.3, -0.25) is 19.5 Å². The van der Waals surface area contributed by atoms with Crippen LogP contribution in [0.25, 0.3) is 0 Å². The van der Waals surface area contributed by atoms with Crippen LogP contribution in [0.15, 0.2) is 35.1 Å². The third-order valence-corrected chi connectivity index (χ3v) is 5.75. The lowest BCUT2D eigenvalue weighted by Gasteiger charge is -2.32. The number of nitrogens with zero attached hydrogens (tertiary/aromatic N) is 3. The van der Waals surface area contributed by atoms with Crippen molar-refractivity contribution in [2.24, 2.45) is 0 Å². The van der Waals surface area contributed by atoms with Crippen LogP contribution in [0.1, 0.15) is 36.9 Å². The lowest BCUT2D eigenvalue weighted by Crippen LogP contribution is -2.39. The van der Waals surface area contributed by atoms with Crippen LogP contribution in [0.2, 0.25) is 0 Å². The van der Waals surface area contributed by atoms with E-state index in [4.69, 9.17) is 9.72 Å². The molecule has 0 spiro atoms. The zero-order valence-electron chi connectivity index (χ0n) is 17.4. The number of amides is 1. The number of hydrogen-bond acceptors (Lipinski definition) is 6. The highest BCUT2D eigenvalue weighted by atomic mass is 16.5. The van der Waals surface area contributed by atoms with E-state index in [0.717, 1.165) is 56.9 Å². The molecule has 1 amide bonds. The topological polar surface area (TPSA) is 90.6 Å². The summed E-state index contributed by atoms with van der Waals surface area (Å²) >= 11 is 0. The molecule has 8 nitrogen and oxygen atoms in total. The number of nitrogens with one attached hydrogen (secondary N) is 2. The number of morpholine rings is 1. The molecule has 0 radical (unpaired) electrons. The quantitative estimate of drug-likeness (QED) is 0.782. The molecule has 0 saturated carbocycles. The summed E-state index contributed by atoms with van der Waals surface area (Å²) in [6.07, 6.45) is 1.98. The molecule has 2 aliphatic heterocycles. The van der Waals surface area contributed by atoms with Crippen molar-refractivity contribution in [1.82, 2.24) is 14.9 Å². The Morgan fingerprint density at radius 3 is 2.53 bits per heavy atom. The van der Waals surface area contributed by atoms with Gasteiger partial charge in [-0.25, -0.2) is 4.98 Å². The first-order valence-corrected chi connectivity index (χ1v) is 10.6. The number of likely N-dealkylation sites (tertiary alicyclic amines) is 1. The zero-order chi connectivity index (χ0) is 20.9. The Morgan fingerprint density at radius 1 is 1.17 bits per heavy atom. The van der Waals surface area contributed by atoms with Gasteiger partial charge in [0.1, 0.15) is 0 Å². The van der Waals surface area contributed by atoms with Gasteiger partial charge in [-0.05, 0) is 43.6 Å². The van der Waals surface area contributed by atoms with Crippen molar-refractivity contribution in [3.8, 4) is 0 Å². The number of benzene rings is 1. The van der Waals surface area contributed by atoms with Crippen molar-refractivity contribution in [3.63, 3.8) is 0 Å². The maximum atomic E-state index is 12.2. The second kappa shape index (κ2) is 9.40. The van der Waals surface area contributed by atoms with Gasteiger partial charge in [0.15, 0.2) is 0 Å². The molecule has 2 saturated heterocycles. The summed E-state index contributed by atoms with van der Waals surface area (Å²) in [6.45, 7) is 7.18. The van der Waals surface area contributed by atoms with E-state index in [9.17, 15) is 9.59 Å². The minimum absolute atomic E-state index is 0.0602. The maximum absolute atomic E-state index is 12.2. The van der Waals surface area contributed by atoms with Crippen LogP contribution in [-0.2, 0) is 16.1 Å². The smallest absolute Gasteiger partial charge is 0.252 e. The van der Waals surface area contributed by atoms with Crippen LogP contribution in [0, 0.1) is 0 Å². The summed E-state index contributed by atoms with van der Waals surface area (Å²) in [6, 6.07) is 9.66. The Bertz CT molecular complexity index is 913. The summed E-state index contributed by atoms with van der Waals surface area (Å²) < 4.78 is 5.40. The Hall–Kier alpha value is -2.71. The van der Waals surface area contributed by atoms with E-state index >= 15 is 0 Å². The monoisotopic (exact) mass is 411 g/mol. The van der Waals surface area contributed by atoms with Gasteiger partial charge in [-0.1, -0.05) is 12.1 Å². The first kappa shape index (κ1) is 20.6. The first-order valence-electron chi connectivity index (χ1n) is 10.6. The molecule has 1 aromatic carbocycles. The maximum Gasteiger partial charge on any atom is 0.252 e. The fraction of sp³-hybridized carbons (Fsp3) is 0.500. The molecule has 3 heterocycles. The number of carbonyl (C=O) groups is 1. The molecule has 8 heteroatoms. The van der Waals surface area contributed by atoms with E-state index in [2.05, 4.69) is 32.2 Å². The lowest BCUT2D eigenvalue weighted by atomic mass is 9.93. The minimum atomic E-state index is -0.0804. The van der Waals surface area contributed by atoms with Gasteiger partial charge in [0.25, 0.3) is 5.56 Å². The van der Waals surface area contributed by atoms with Crippen LogP contribution >= 0.6 is 0 Å². The Balaban J connectivity index is 1.34. The van der Waals surface area contributed by atoms with Gasteiger partial charge in [0.05, 0.1) is 18.9 Å². The molecule has 0 bridgehead atoms. The van der Waals surface area contributed by atoms with Crippen LogP contribution in [0.3, 0.4) is 0 Å². The molecule has 0 aliphatic carbocycles. The Kier molecular flexibility index (Phi) is 6.44. The van der Waals surface area contributed by atoms with E-state index in [1.807, 2.05) is 12.1 Å². The summed E-state index contributed by atoms with van der Waals surface area (Å²) in [7, 11) is 0. The Labute approximate surface area is 176 Å². The average molecular weight is 412 g/mol. The number of carbonyl (C=O) groups excluding carboxylic acids is 1. The normalized spacial score (nSPS) is 18.4. The predicted octanol–water partition coefficient (Wildman–Crippen LogP) is 1.94. The molecule has 2 fully saturated rings. The summed E-state index contributed by atoms with van der Waals surface area (Å²) in [5.74, 6) is 0.919. The minimum Gasteiger partial charge on any atom is -0.378 e. The number of hydrogen-bond donors (Lipinski definition) is 2. The number of aromatic amines is 1. The van der Waals surface area contributed by atoms with Gasteiger partial charge in [0.2, 0.25) is 11.9 Å². The molecule has 160 valence electrons. The molecule has 2 aliphatic rings. The predicted molar refractivity (Wildman–Crippen MR) is 116 cm³/mol. The van der Waals surface area contributed by atoms with Crippen LogP contribution in [0.5, 0.6) is 0 Å². The molecule has 0 unspecified atom stereocenters. The molecule has 30 heavy (non-hydrogen) atoms. The summed E-state index contributed by atoms with van der Waals surface area (Å²) in [5, 5.41) is 2.79. The van der Waals surface area contributed by atoms with E-state index < -0.39 is 0 Å². The SMILES string of the molecule is CC(=O)Nc1ccc(CN2CCC(c3cc(=O)[nH]c(N4CCOCC4)n3)CC2)cc1. The molecule has 4 rings (SSSR count). The van der Waals surface area contributed by atoms with Crippen LogP contribution < -0.4 is 15.8 Å². The van der Waals surface area contributed by atoms with Crippen LogP contribution in [0.4, 0.5) is 11.6 Å². The molecular weight excluding hydrogens is 382 g/mol. The van der Waals surface area contributed by atoms with Crippen molar-refractivity contribution in [2.75, 3.05) is 49.6 Å². The largest absolute Gasteiger partial charge is 0.378 e. The number of ether oxygens (including phenoxy) is 1. The number of rotatable bonds is 5. The van der Waals surface area contributed by atoms with Gasteiger partial charge >= 0.3 is 0 Å². The van der Waals surface area contributed by atoms with Gasteiger partial charge in [-0.2, -0.15) is 0 Å². The second-order valence-corrected chi connectivity index (χ2v) is 8.02. The number of piperidine rings is 1. The molecular formula is C22H29N5O3. The van der Waals surface area contributed by atoms with E-state index in [0.29, 0.717) is 25.1 Å². The van der Waals surface area contributed by atoms with Crippen molar-refractivity contribution >= 4 is 17.5 Å². The standard InChI is InChI=1S/C22H29N5O3/c1-16(28)23-19-4-2-17(3-5-19)15-26-8-6-18(7-9-26)20-14-21(29)25-22(24-20)27-10-12-30-13-11-27/h2-5,14,18H,6-13,15H2,1H3,(H,23,28)(H,24,25,29). The molecule has 2 aromatic rings.